The summed E-state index contributed by atoms with van der Waals surface area (Å²) < 4.78 is 38.2. The third kappa shape index (κ3) is 2.50. The number of amides is 1. The van der Waals surface area contributed by atoms with E-state index in [1.165, 1.54) is 24.6 Å². The van der Waals surface area contributed by atoms with Gasteiger partial charge in [0.15, 0.2) is 0 Å². The molecule has 1 amide bonds. The van der Waals surface area contributed by atoms with E-state index in [0.717, 1.165) is 0 Å². The molecule has 1 aliphatic carbocycles. The van der Waals surface area contributed by atoms with Crippen LogP contribution >= 0.6 is 0 Å². The van der Waals surface area contributed by atoms with Crippen molar-refractivity contribution < 1.29 is 22.7 Å². The maximum Gasteiger partial charge on any atom is 0.246 e. The summed E-state index contributed by atoms with van der Waals surface area (Å²) in [5.41, 5.74) is 4.75. The second kappa shape index (κ2) is 5.60. The Kier molecular flexibility index (Phi) is 4.04. The minimum atomic E-state index is -3.84. The van der Waals surface area contributed by atoms with Gasteiger partial charge < -0.3 is 15.2 Å². The zero-order chi connectivity index (χ0) is 18.6. The van der Waals surface area contributed by atoms with Crippen molar-refractivity contribution in [3.63, 3.8) is 0 Å². The predicted octanol–water partition coefficient (Wildman–Crippen LogP) is 1.23. The lowest BCUT2D eigenvalue weighted by Crippen LogP contribution is -2.59. The number of hydrogen-bond acceptors (Lipinski definition) is 5. The topological polar surface area (TPSA) is 98.9 Å². The second-order valence-electron chi connectivity index (χ2n) is 7.55. The van der Waals surface area contributed by atoms with E-state index in [4.69, 9.17) is 15.2 Å². The van der Waals surface area contributed by atoms with Crippen LogP contribution in [0.25, 0.3) is 0 Å². The maximum absolute atomic E-state index is 13.2. The molecule has 1 saturated carbocycles. The first kappa shape index (κ1) is 18.0. The molecule has 3 rings (SSSR count). The first-order valence-corrected chi connectivity index (χ1v) is 9.54. The van der Waals surface area contributed by atoms with Gasteiger partial charge in [-0.1, -0.05) is 13.8 Å². The number of carbonyl (C=O) groups is 1. The van der Waals surface area contributed by atoms with Crippen LogP contribution in [0.1, 0.15) is 20.3 Å². The van der Waals surface area contributed by atoms with Crippen molar-refractivity contribution in [1.29, 1.82) is 0 Å². The Morgan fingerprint density at radius 1 is 1.28 bits per heavy atom. The van der Waals surface area contributed by atoms with Crippen molar-refractivity contribution in [3.05, 3.63) is 18.2 Å². The van der Waals surface area contributed by atoms with Gasteiger partial charge in [-0.05, 0) is 29.9 Å². The summed E-state index contributed by atoms with van der Waals surface area (Å²) in [6.07, 6.45) is 0.598. The number of nitrogens with two attached hydrogens (primary N) is 1. The van der Waals surface area contributed by atoms with Crippen molar-refractivity contribution in [1.82, 2.24) is 4.31 Å². The Bertz CT molecular complexity index is 820. The molecule has 1 aliphatic heterocycles. The number of rotatable bonds is 5. The number of primary amides is 1. The molecule has 2 fully saturated rings. The van der Waals surface area contributed by atoms with E-state index in [1.54, 1.807) is 12.1 Å². The molecule has 1 aromatic carbocycles. The molecule has 1 heterocycles. The van der Waals surface area contributed by atoms with Gasteiger partial charge in [-0.3, -0.25) is 4.79 Å². The van der Waals surface area contributed by atoms with E-state index in [-0.39, 0.29) is 35.1 Å². The van der Waals surface area contributed by atoms with Gasteiger partial charge in [0.05, 0.1) is 19.6 Å². The van der Waals surface area contributed by atoms with Crippen molar-refractivity contribution >= 4 is 15.9 Å². The van der Waals surface area contributed by atoms with Crippen LogP contribution in [0.15, 0.2) is 23.1 Å². The van der Waals surface area contributed by atoms with Crippen molar-refractivity contribution in [2.24, 2.45) is 22.5 Å². The third-order valence-corrected chi connectivity index (χ3v) is 7.54. The highest BCUT2D eigenvalue weighted by Gasteiger charge is 2.67. The van der Waals surface area contributed by atoms with Crippen LogP contribution in [0.3, 0.4) is 0 Å². The first-order chi connectivity index (χ1) is 11.6. The smallest absolute Gasteiger partial charge is 0.246 e. The average Bonchev–Trinajstić information content (AvgIpc) is 2.91. The normalized spacial score (nSPS) is 28.1. The van der Waals surface area contributed by atoms with Gasteiger partial charge in [0, 0.05) is 19.2 Å². The molecule has 1 aromatic rings. The molecule has 0 spiro atoms. The number of methoxy groups -OCH3 is 2. The lowest BCUT2D eigenvalue weighted by molar-refractivity contribution is -0.148. The monoisotopic (exact) mass is 368 g/mol. The number of nitrogens with zero attached hydrogens (tertiary/aromatic N) is 1. The Hall–Kier alpha value is -1.80. The van der Waals surface area contributed by atoms with Crippen LogP contribution in [0.5, 0.6) is 11.5 Å². The predicted molar refractivity (Wildman–Crippen MR) is 91.8 cm³/mol. The Balaban J connectivity index is 2.01. The molecule has 0 bridgehead atoms. The van der Waals surface area contributed by atoms with Gasteiger partial charge in [0.2, 0.25) is 15.9 Å². The van der Waals surface area contributed by atoms with Gasteiger partial charge in [-0.15, -0.1) is 0 Å². The summed E-state index contributed by atoms with van der Waals surface area (Å²) in [5.74, 6) is 0.162. The van der Waals surface area contributed by atoms with Gasteiger partial charge >= 0.3 is 0 Å². The van der Waals surface area contributed by atoms with Crippen molar-refractivity contribution in [2.75, 3.05) is 27.3 Å². The Morgan fingerprint density at radius 2 is 1.96 bits per heavy atom. The minimum absolute atomic E-state index is 0.0353. The SMILES string of the molecule is COc1ccc(OC)c(S(=O)(=O)N2C[C@@H]3C(C)(C)C[C@]3(C(N)=O)C2)c1. The number of sulfonamides is 1. The van der Waals surface area contributed by atoms with E-state index >= 15 is 0 Å². The zero-order valence-corrected chi connectivity index (χ0v) is 15.7. The molecule has 7 nitrogen and oxygen atoms in total. The number of carbonyl (C=O) groups excluding carboxylic acids is 1. The van der Waals surface area contributed by atoms with Crippen molar-refractivity contribution in [2.45, 2.75) is 25.2 Å². The standard InChI is InChI=1S/C17H24N2O5S/c1-16(2)9-17(15(18)20)10-19(8-14(16)17)25(21,22)13-7-11(23-3)5-6-12(13)24-4/h5-7,14H,8-10H2,1-4H3,(H2,18,20)/t14-,17+/m1/s1. The summed E-state index contributed by atoms with van der Waals surface area (Å²) in [6, 6.07) is 4.64. The van der Waals surface area contributed by atoms with Gasteiger partial charge in [0.1, 0.15) is 16.4 Å². The largest absolute Gasteiger partial charge is 0.497 e. The fourth-order valence-electron chi connectivity index (χ4n) is 4.49. The number of benzene rings is 1. The molecule has 0 radical (unpaired) electrons. The molecular weight excluding hydrogens is 344 g/mol. The summed E-state index contributed by atoms with van der Waals surface area (Å²) in [7, 11) is -0.951. The highest BCUT2D eigenvalue weighted by Crippen LogP contribution is 2.63. The van der Waals surface area contributed by atoms with Crippen LogP contribution < -0.4 is 15.2 Å². The first-order valence-electron chi connectivity index (χ1n) is 8.10. The summed E-state index contributed by atoms with van der Waals surface area (Å²) in [6.45, 7) is 4.47. The van der Waals surface area contributed by atoms with Crippen LogP contribution in [0.4, 0.5) is 0 Å². The number of ether oxygens (including phenoxy) is 2. The van der Waals surface area contributed by atoms with E-state index in [2.05, 4.69) is 0 Å². The third-order valence-electron chi connectivity index (χ3n) is 5.71. The van der Waals surface area contributed by atoms with Crippen LogP contribution in [-0.4, -0.2) is 45.9 Å². The van der Waals surface area contributed by atoms with Gasteiger partial charge in [-0.25, -0.2) is 8.42 Å². The fourth-order valence-corrected chi connectivity index (χ4v) is 6.19. The van der Waals surface area contributed by atoms with E-state index in [0.29, 0.717) is 12.2 Å². The molecular formula is C17H24N2O5S. The lowest BCUT2D eigenvalue weighted by Gasteiger charge is -2.54. The van der Waals surface area contributed by atoms with Gasteiger partial charge in [0.25, 0.3) is 0 Å². The van der Waals surface area contributed by atoms with E-state index in [9.17, 15) is 13.2 Å². The minimum Gasteiger partial charge on any atom is -0.497 e. The molecule has 2 atom stereocenters. The van der Waals surface area contributed by atoms with Crippen LogP contribution in [-0.2, 0) is 14.8 Å². The highest BCUT2D eigenvalue weighted by atomic mass is 32.2. The summed E-state index contributed by atoms with van der Waals surface area (Å²) in [4.78, 5) is 12.1. The summed E-state index contributed by atoms with van der Waals surface area (Å²) >= 11 is 0. The molecule has 138 valence electrons. The maximum atomic E-state index is 13.2. The molecule has 2 aliphatic rings. The number of fused-ring (bicyclic) bond motifs is 1. The van der Waals surface area contributed by atoms with E-state index in [1.807, 2.05) is 13.8 Å². The Morgan fingerprint density at radius 3 is 2.44 bits per heavy atom. The highest BCUT2D eigenvalue weighted by molar-refractivity contribution is 7.89. The number of hydrogen-bond donors (Lipinski definition) is 1. The Labute approximate surface area is 148 Å². The van der Waals surface area contributed by atoms with Crippen molar-refractivity contribution in [3.8, 4) is 11.5 Å². The molecule has 8 heteroatoms. The molecule has 2 N–H and O–H groups in total. The quantitative estimate of drug-likeness (QED) is 0.843. The van der Waals surface area contributed by atoms with E-state index < -0.39 is 21.3 Å². The summed E-state index contributed by atoms with van der Waals surface area (Å²) in [5, 5.41) is 0. The molecule has 25 heavy (non-hydrogen) atoms. The molecule has 1 saturated heterocycles. The van der Waals surface area contributed by atoms with Crippen LogP contribution in [0, 0.1) is 16.7 Å². The average molecular weight is 368 g/mol. The van der Waals surface area contributed by atoms with Gasteiger partial charge in [-0.2, -0.15) is 4.31 Å². The molecule has 0 unspecified atom stereocenters. The molecule has 0 aromatic heterocycles. The zero-order valence-electron chi connectivity index (χ0n) is 14.9. The second-order valence-corrected chi connectivity index (χ2v) is 9.46. The lowest BCUT2D eigenvalue weighted by atomic mass is 9.48. The fraction of sp³-hybridized carbons (Fsp3) is 0.588. The van der Waals surface area contributed by atoms with Crippen LogP contribution in [0.2, 0.25) is 0 Å².